The molecule has 0 aromatic heterocycles. The Hall–Kier alpha value is -6.02. The van der Waals surface area contributed by atoms with Crippen LogP contribution in [0.1, 0.15) is 116 Å². The van der Waals surface area contributed by atoms with Gasteiger partial charge in [0.15, 0.2) is 17.6 Å². The molecule has 2 fully saturated rings. The molecule has 2 unspecified atom stereocenters. The smallest absolute Gasteiger partial charge is 0.324 e. The molecule has 0 spiro atoms. The van der Waals surface area contributed by atoms with Crippen LogP contribution in [-0.2, 0) is 9.59 Å². The number of carbonyl (C=O) groups excluding carboxylic acids is 4. The van der Waals surface area contributed by atoms with E-state index in [4.69, 9.17) is 11.3 Å². The molecule has 4 aliphatic heterocycles. The zero-order chi connectivity index (χ0) is 52.8. The van der Waals surface area contributed by atoms with Gasteiger partial charge in [0.05, 0.1) is 49.3 Å². The topological polar surface area (TPSA) is 206 Å². The molecule has 6 rings (SSSR count). The van der Waals surface area contributed by atoms with E-state index in [1.54, 1.807) is 28.5 Å². The Morgan fingerprint density at radius 2 is 1.30 bits per heavy atom. The van der Waals surface area contributed by atoms with E-state index < -0.39 is 68.6 Å². The average molecular weight is 1020 g/mol. The number of hydrogen-bond donors (Lipinski definition) is 4. The predicted molar refractivity (Wildman–Crippen MR) is 278 cm³/mol. The fourth-order valence-electron chi connectivity index (χ4n) is 10.3. The molecule has 17 nitrogen and oxygen atoms in total. The minimum absolute atomic E-state index is 0.105. The second-order valence-electron chi connectivity index (χ2n) is 19.3. The number of aliphatic hydroxyl groups is 4. The number of nitrogens with zero attached hydrogens (tertiary/aromatic N) is 8. The highest BCUT2D eigenvalue weighted by Gasteiger charge is 2.59. The Morgan fingerprint density at radius 1 is 0.781 bits per heavy atom. The molecule has 0 radical (unpaired) electrons. The number of thioether (sulfide) groups is 1. The van der Waals surface area contributed by atoms with Crippen molar-refractivity contribution < 1.29 is 48.9 Å². The van der Waals surface area contributed by atoms with E-state index in [-0.39, 0.29) is 54.8 Å². The van der Waals surface area contributed by atoms with Gasteiger partial charge in [-0.25, -0.2) is 14.4 Å². The normalized spacial score (nSPS) is 19.4. The largest absolute Gasteiger partial charge is 0.493 e. The van der Waals surface area contributed by atoms with Crippen LogP contribution in [0.4, 0.5) is 9.59 Å². The number of fused-ring (bicyclic) bond motifs is 1. The van der Waals surface area contributed by atoms with Crippen LogP contribution < -0.4 is 4.74 Å². The van der Waals surface area contributed by atoms with Crippen LogP contribution in [-0.4, -0.2) is 156 Å². The maximum absolute atomic E-state index is 14.1. The Bertz CT molecular complexity index is 2500. The molecule has 2 saturated heterocycles. The second-order valence-corrected chi connectivity index (χ2v) is 20.5. The van der Waals surface area contributed by atoms with Gasteiger partial charge in [-0.15, -0.1) is 11.8 Å². The number of benzene rings is 2. The molecule has 18 heteroatoms. The van der Waals surface area contributed by atoms with Gasteiger partial charge in [0.1, 0.15) is 50.2 Å². The number of nitriles is 1. The molecule has 4 heterocycles. The summed E-state index contributed by atoms with van der Waals surface area (Å²) in [5.41, 5.74) is 2.23. The van der Waals surface area contributed by atoms with Crippen LogP contribution in [0.2, 0.25) is 0 Å². The minimum atomic E-state index is -1.07. The van der Waals surface area contributed by atoms with Crippen molar-refractivity contribution in [2.45, 2.75) is 122 Å². The number of urea groups is 2. The van der Waals surface area contributed by atoms with Crippen molar-refractivity contribution in [3.05, 3.63) is 99.3 Å². The third-order valence-electron chi connectivity index (χ3n) is 14.2. The molecule has 392 valence electrons. The van der Waals surface area contributed by atoms with E-state index >= 15 is 0 Å². The summed E-state index contributed by atoms with van der Waals surface area (Å²) in [6.45, 7) is 14.8. The summed E-state index contributed by atoms with van der Waals surface area (Å²) in [6, 6.07) is 14.4. The Balaban J connectivity index is 1.59. The Labute approximate surface area is 434 Å². The number of Topliss-reactive ketones (excluding diaryl/α,β-unsaturated/α-hetero) is 2. The highest BCUT2D eigenvalue weighted by Crippen LogP contribution is 2.54. The fraction of sp³-hybridized carbons (Fsp3) is 0.545. The highest BCUT2D eigenvalue weighted by atomic mass is 32.2. The third-order valence-corrected chi connectivity index (χ3v) is 15.3. The number of ketones is 2. The SMILES string of the molecule is [C-]#[N+]/C(C(C)=O)=C1/C2=C(c3ccc(SCCCCCCCCCCCC)cc3)N(C3CN(CO)C(=O)N(CO)C3)/C(=C(\C#N)C(C)=O)C2C(c2ccc(OCC(C)CC)cc2)=[N+]1C1CN(CO)C(=O)N(CO)C1. The molecule has 4 N–H and O–H groups in total. The zero-order valence-electron chi connectivity index (χ0n) is 43.1. The lowest BCUT2D eigenvalue weighted by atomic mass is 9.86. The summed E-state index contributed by atoms with van der Waals surface area (Å²) in [5.74, 6) is -0.475. The molecular formula is C55H73N8O9S+. The van der Waals surface area contributed by atoms with Crippen molar-refractivity contribution in [3.63, 3.8) is 0 Å². The van der Waals surface area contributed by atoms with Gasteiger partial charge in [0.2, 0.25) is 11.4 Å². The summed E-state index contributed by atoms with van der Waals surface area (Å²) in [6.07, 6.45) is 13.2. The van der Waals surface area contributed by atoms with Gasteiger partial charge >= 0.3 is 12.1 Å². The first kappa shape index (κ1) is 56.3. The molecule has 2 aromatic carbocycles. The molecule has 2 aromatic rings. The van der Waals surface area contributed by atoms with Crippen molar-refractivity contribution in [2.75, 3.05) is 65.5 Å². The van der Waals surface area contributed by atoms with E-state index in [1.807, 2.05) is 41.3 Å². The van der Waals surface area contributed by atoms with E-state index in [0.717, 1.165) is 49.5 Å². The van der Waals surface area contributed by atoms with Crippen molar-refractivity contribution in [2.24, 2.45) is 11.8 Å². The van der Waals surface area contributed by atoms with Crippen molar-refractivity contribution in [3.8, 4) is 11.8 Å². The average Bonchev–Trinajstić information content (AvgIpc) is 3.90. The van der Waals surface area contributed by atoms with Crippen LogP contribution in [0.5, 0.6) is 5.75 Å². The molecule has 73 heavy (non-hydrogen) atoms. The first-order valence-corrected chi connectivity index (χ1v) is 26.8. The first-order chi connectivity index (χ1) is 35.3. The molecule has 4 amide bonds. The van der Waals surface area contributed by atoms with E-state index in [0.29, 0.717) is 40.5 Å². The number of aliphatic hydroxyl groups excluding tert-OH is 4. The second kappa shape index (κ2) is 26.8. The third kappa shape index (κ3) is 12.7. The lowest BCUT2D eigenvalue weighted by molar-refractivity contribution is -0.514. The quantitative estimate of drug-likeness (QED) is 0.0182. The molecule has 2 atom stereocenters. The van der Waals surface area contributed by atoms with E-state index in [1.165, 1.54) is 65.2 Å². The maximum atomic E-state index is 14.1. The van der Waals surface area contributed by atoms with Gasteiger partial charge in [0, 0.05) is 23.5 Å². The van der Waals surface area contributed by atoms with Gasteiger partial charge in [-0.05, 0) is 73.9 Å². The number of allylic oxidation sites excluding steroid dienone is 4. The van der Waals surface area contributed by atoms with Crippen LogP contribution in [0.25, 0.3) is 10.5 Å². The number of unbranched alkanes of at least 4 members (excludes halogenated alkanes) is 9. The van der Waals surface area contributed by atoms with E-state index in [9.17, 15) is 44.9 Å². The van der Waals surface area contributed by atoms with E-state index in [2.05, 4.69) is 31.7 Å². The van der Waals surface area contributed by atoms with Gasteiger partial charge in [0.25, 0.3) is 5.70 Å². The molecule has 0 aliphatic carbocycles. The number of carbonyl (C=O) groups is 4. The molecular weight excluding hydrogens is 949 g/mol. The summed E-state index contributed by atoms with van der Waals surface area (Å²) in [5, 5.41) is 53.4. The maximum Gasteiger partial charge on any atom is 0.324 e. The number of hydrogen-bond acceptors (Lipinski definition) is 12. The van der Waals surface area contributed by atoms with Crippen molar-refractivity contribution in [1.82, 2.24) is 24.5 Å². The van der Waals surface area contributed by atoms with Gasteiger partial charge in [-0.2, -0.15) is 9.84 Å². The molecule has 0 bridgehead atoms. The predicted octanol–water partition coefficient (Wildman–Crippen LogP) is 7.38. The first-order valence-electron chi connectivity index (χ1n) is 25.8. The van der Waals surface area contributed by atoms with Crippen LogP contribution in [0.3, 0.4) is 0 Å². The van der Waals surface area contributed by atoms with Crippen molar-refractivity contribution >= 4 is 46.8 Å². The number of ether oxygens (including phenoxy) is 1. The van der Waals surface area contributed by atoms with Crippen LogP contribution in [0, 0.1) is 29.7 Å². The summed E-state index contributed by atoms with van der Waals surface area (Å²) in [7, 11) is 0. The van der Waals surface area contributed by atoms with Crippen LogP contribution >= 0.6 is 11.8 Å². The minimum Gasteiger partial charge on any atom is -0.493 e. The highest BCUT2D eigenvalue weighted by molar-refractivity contribution is 7.99. The van der Waals surface area contributed by atoms with Crippen LogP contribution in [0.15, 0.2) is 81.7 Å². The lowest BCUT2D eigenvalue weighted by Gasteiger charge is -2.44. The molecule has 0 saturated carbocycles. The van der Waals surface area contributed by atoms with Gasteiger partial charge in [-0.1, -0.05) is 97.1 Å². The molecule has 4 aliphatic rings. The monoisotopic (exact) mass is 1020 g/mol. The van der Waals surface area contributed by atoms with Gasteiger partial charge < -0.3 is 34.9 Å². The summed E-state index contributed by atoms with van der Waals surface area (Å²) >= 11 is 1.73. The summed E-state index contributed by atoms with van der Waals surface area (Å²) in [4.78, 5) is 66.5. The standard InChI is InChI=1S/C55H73N8O9S/c1-7-9-10-11-12-13-14-15-16-17-26-73-45-24-20-41(21-25-45)51-48-47(52(46(27-56)38(4)68)62(51)42-28-58(33-64)54(70)59(29-42)34-65)50(40-18-22-44(23-19-40)72-32-37(3)8-2)63(53(48)49(57-6)39(5)69)43-30-60(35-66)55(71)61(31-43)36-67/h18-25,37,42-43,47,64-67H,7-17,26,28-36H2,1-5H3/q+1/b52-46+,53-49-. The lowest BCUT2D eigenvalue weighted by Crippen LogP contribution is -2.60. The van der Waals surface area contributed by atoms with Crippen molar-refractivity contribution in [1.29, 1.82) is 5.26 Å². The fourth-order valence-corrected chi connectivity index (χ4v) is 11.2. The van der Waals surface area contributed by atoms with Gasteiger partial charge in [-0.3, -0.25) is 24.4 Å². The number of rotatable bonds is 26. The Kier molecular flexibility index (Phi) is 20.7. The zero-order valence-corrected chi connectivity index (χ0v) is 43.9. The number of amides is 4. The summed E-state index contributed by atoms with van der Waals surface area (Å²) < 4.78 is 7.97. The Morgan fingerprint density at radius 3 is 1.78 bits per heavy atom.